The van der Waals surface area contributed by atoms with Gasteiger partial charge in [-0.1, -0.05) is 209 Å². The topological polar surface area (TPSA) is 229 Å². The molecule has 0 unspecified atom stereocenters. The van der Waals surface area contributed by atoms with Crippen LogP contribution in [-0.4, -0.2) is 70.4 Å². The Morgan fingerprint density at radius 2 is 0.689 bits per heavy atom. The molecule has 0 radical (unpaired) electrons. The molecule has 8 aromatic rings. The predicted molar refractivity (Wildman–Crippen MR) is 502 cm³/mol. The Labute approximate surface area is 727 Å². The molecule has 8 aromatic carbocycles. The number of rotatable bonds is 35. The van der Waals surface area contributed by atoms with Crippen molar-refractivity contribution in [1.82, 2.24) is 0 Å². The van der Waals surface area contributed by atoms with Crippen LogP contribution in [0.25, 0.3) is 0 Å². The van der Waals surface area contributed by atoms with E-state index in [0.717, 1.165) is 197 Å². The van der Waals surface area contributed by atoms with Crippen molar-refractivity contribution in [3.05, 3.63) is 208 Å². The zero-order valence-electron chi connectivity index (χ0n) is 74.7. The van der Waals surface area contributed by atoms with Crippen molar-refractivity contribution in [2.45, 2.75) is 273 Å². The van der Waals surface area contributed by atoms with E-state index in [4.69, 9.17) is 33.2 Å². The van der Waals surface area contributed by atoms with Gasteiger partial charge in [0.15, 0.2) is 0 Å². The summed E-state index contributed by atoms with van der Waals surface area (Å²) in [5.41, 5.74) is 11.8. The fourth-order valence-corrected chi connectivity index (χ4v) is 15.5. The molecule has 0 fully saturated rings. The summed E-state index contributed by atoms with van der Waals surface area (Å²) in [6.45, 7) is 28.8. The number of hydrogen-bond donors (Lipinski definition) is 8. The van der Waals surface area contributed by atoms with Crippen LogP contribution in [0, 0.1) is 0 Å². The van der Waals surface area contributed by atoms with Crippen LogP contribution in [-0.2, 0) is 36.5 Å². The minimum atomic E-state index is -0.477. The first-order chi connectivity index (χ1) is 59.1. The van der Waals surface area contributed by atoms with Gasteiger partial charge in [0.05, 0.1) is 46.2 Å². The standard InChI is InChI=1S/C103H138N8O11/c1-12-17-22-23-24-25-26-29-36-48-116-91-45-39-42-83(70-91)104-98(112)108-87-61-75-55-73-59-86-60-74(94(73)119-51-32-18-13-2)56-76-62-88(109-100(114)106-85-44-41-47-93(72-85)118-50-38-31-28-27-30-37-49-117-92-46-40-43-84(71-92)105-99(113)107-86)64-78(96(76)121-53-34-20-15-4)58-80-66-89(110-101(115)111-90-68-81(102(6,7)8)67-82(69-90)103(9,10)11)65-79(97(80)122-54-35-21-16-5)57-77(63-87)95(75)120-52-33-19-14-3/h12,39-47,59-72H,1,13-38,48-58H2,2-11H3,(H2,104,108,112)(H2,105,107,113)(H2,106,109,114)(H2,110,111,115). The molecule has 8 N–H and O–H groups in total. The summed E-state index contributed by atoms with van der Waals surface area (Å²) in [6, 6.07) is 42.8. The summed E-state index contributed by atoms with van der Waals surface area (Å²) in [6.07, 6.45) is 28.2. The monoisotopic (exact) mass is 1660 g/mol. The quantitative estimate of drug-likeness (QED) is 0.0138. The summed E-state index contributed by atoms with van der Waals surface area (Å²) in [5, 5.41) is 25.8. The average Bonchev–Trinajstić information content (AvgIpc) is 0.778. The van der Waals surface area contributed by atoms with Crippen LogP contribution in [0.4, 0.5) is 64.7 Å². The number of carbonyl (C=O) groups is 4. The lowest BCUT2D eigenvalue weighted by Gasteiger charge is -2.26. The van der Waals surface area contributed by atoms with Crippen LogP contribution in [0.3, 0.4) is 0 Å². The Hall–Kier alpha value is -10.8. The maximum atomic E-state index is 15.2. The lowest BCUT2D eigenvalue weighted by Crippen LogP contribution is -2.22. The van der Waals surface area contributed by atoms with Crippen LogP contribution in [0.2, 0.25) is 0 Å². The summed E-state index contributed by atoms with van der Waals surface area (Å²) in [4.78, 5) is 60.0. The highest BCUT2D eigenvalue weighted by molar-refractivity contribution is 6.03. The van der Waals surface area contributed by atoms with E-state index in [1.54, 1.807) is 0 Å². The molecule has 0 saturated carbocycles. The zero-order chi connectivity index (χ0) is 86.5. The summed E-state index contributed by atoms with van der Waals surface area (Å²) >= 11 is 0. The Kier molecular flexibility index (Phi) is 37.3. The number of anilines is 8. The van der Waals surface area contributed by atoms with Gasteiger partial charge in [-0.3, -0.25) is 0 Å². The molecule has 14 bridgehead atoms. The largest absolute Gasteiger partial charge is 0.494 e. The van der Waals surface area contributed by atoms with Gasteiger partial charge >= 0.3 is 24.1 Å². The molecule has 0 spiro atoms. The Balaban J connectivity index is 1.19. The van der Waals surface area contributed by atoms with Crippen LogP contribution >= 0.6 is 0 Å². The number of fused-ring (bicyclic) bond motifs is 12. The zero-order valence-corrected chi connectivity index (χ0v) is 74.7. The third-order valence-electron chi connectivity index (χ3n) is 22.1. The lowest BCUT2D eigenvalue weighted by molar-refractivity contribution is 0.261. The molecule has 0 atom stereocenters. The van der Waals surface area contributed by atoms with Gasteiger partial charge in [0.2, 0.25) is 0 Å². The van der Waals surface area contributed by atoms with E-state index in [9.17, 15) is 14.4 Å². The van der Waals surface area contributed by atoms with Gasteiger partial charge in [-0.05, 0) is 177 Å². The van der Waals surface area contributed by atoms with Gasteiger partial charge in [0.25, 0.3) is 0 Å². The van der Waals surface area contributed by atoms with E-state index in [0.29, 0.717) is 132 Å². The number of hydrogen-bond acceptors (Lipinski definition) is 11. The fourth-order valence-electron chi connectivity index (χ4n) is 15.5. The number of nitrogens with one attached hydrogen (secondary N) is 8. The van der Waals surface area contributed by atoms with Crippen molar-refractivity contribution in [3.63, 3.8) is 0 Å². The number of carbonyl (C=O) groups excluding carboxylic acids is 4. The second-order valence-corrected chi connectivity index (χ2v) is 34.8. The van der Waals surface area contributed by atoms with Crippen molar-refractivity contribution < 1.29 is 52.3 Å². The Morgan fingerprint density at radius 3 is 1.07 bits per heavy atom. The summed E-state index contributed by atoms with van der Waals surface area (Å²) < 4.78 is 48.1. The Morgan fingerprint density at radius 1 is 0.361 bits per heavy atom. The number of ether oxygens (including phenoxy) is 7. The highest BCUT2D eigenvalue weighted by Gasteiger charge is 2.28. The molecule has 122 heavy (non-hydrogen) atoms. The molecule has 8 amide bonds. The van der Waals surface area contributed by atoms with E-state index >= 15 is 4.79 Å². The normalized spacial score (nSPS) is 13.5. The van der Waals surface area contributed by atoms with Crippen LogP contribution < -0.4 is 75.7 Å². The van der Waals surface area contributed by atoms with Crippen molar-refractivity contribution >= 4 is 69.6 Å². The van der Waals surface area contributed by atoms with E-state index < -0.39 is 24.1 Å². The SMILES string of the molecule is C=CCCCCCCCCCOc1cccc(NC(=O)Nc2cc3c(OCCCCC)c(c2)Cc2cc(NC(=O)Nc4cc(C(C)(C)C)cc(C(C)(C)C)c4)cc(c2OCCCCC)Cc2cc4cc(c2OCCCCC)Cc2cc(cc(c2OCCCCC)C3)NC(=O)Nc2cccc(c2)OCCCCCCCCOc2cccc(c2)NC(=O)N4)c1. The lowest BCUT2D eigenvalue weighted by atomic mass is 9.80. The molecular formula is C103H138N8O11. The molecular weight excluding hydrogens is 1530 g/mol. The molecule has 1 aliphatic carbocycles. The van der Waals surface area contributed by atoms with Gasteiger partial charge in [-0.15, -0.1) is 6.58 Å². The van der Waals surface area contributed by atoms with Crippen molar-refractivity contribution in [3.8, 4) is 40.2 Å². The molecule has 19 heteroatoms. The fraction of sp³-hybridized carbons (Fsp3) is 0.476. The number of benzene rings is 8. The molecule has 2 aliphatic rings. The molecule has 656 valence electrons. The Bertz CT molecular complexity index is 4550. The van der Waals surface area contributed by atoms with E-state index in [-0.39, 0.29) is 36.5 Å². The molecule has 19 nitrogen and oxygen atoms in total. The van der Waals surface area contributed by atoms with Gasteiger partial charge in [0.1, 0.15) is 40.2 Å². The maximum Gasteiger partial charge on any atom is 0.323 e. The second kappa shape index (κ2) is 48.7. The highest BCUT2D eigenvalue weighted by atomic mass is 16.5. The van der Waals surface area contributed by atoms with E-state index in [1.165, 1.54) is 25.7 Å². The summed E-state index contributed by atoms with van der Waals surface area (Å²) in [7, 11) is 0. The first-order valence-corrected chi connectivity index (χ1v) is 45.6. The molecule has 10 rings (SSSR count). The van der Waals surface area contributed by atoms with Crippen molar-refractivity contribution in [2.24, 2.45) is 0 Å². The third kappa shape index (κ3) is 30.6. The average molecular weight is 1660 g/mol. The second-order valence-electron chi connectivity index (χ2n) is 34.8. The van der Waals surface area contributed by atoms with Crippen LogP contribution in [0.1, 0.15) is 292 Å². The third-order valence-corrected chi connectivity index (χ3v) is 22.1. The molecule has 1 aliphatic heterocycles. The first kappa shape index (κ1) is 93.4. The molecule has 0 aromatic heterocycles. The molecule has 1 heterocycles. The smallest absolute Gasteiger partial charge is 0.323 e. The first-order valence-electron chi connectivity index (χ1n) is 45.6. The number of urea groups is 4. The number of unbranched alkanes of at least 4 members (excludes halogenated alkanes) is 15. The van der Waals surface area contributed by atoms with Gasteiger partial charge < -0.3 is 75.7 Å². The summed E-state index contributed by atoms with van der Waals surface area (Å²) in [5.74, 6) is 4.37. The van der Waals surface area contributed by atoms with Crippen molar-refractivity contribution in [1.29, 1.82) is 0 Å². The van der Waals surface area contributed by atoms with Crippen molar-refractivity contribution in [2.75, 3.05) is 88.8 Å². The van der Waals surface area contributed by atoms with Crippen LogP contribution in [0.5, 0.6) is 40.2 Å². The number of allylic oxidation sites excluding steroid dienone is 1. The van der Waals surface area contributed by atoms with Crippen LogP contribution in [0.15, 0.2) is 152 Å². The van der Waals surface area contributed by atoms with Gasteiger partial charge in [-0.25, -0.2) is 19.2 Å². The molecule has 0 saturated heterocycles. The van der Waals surface area contributed by atoms with Gasteiger partial charge in [0, 0.05) is 134 Å². The van der Waals surface area contributed by atoms with E-state index in [1.807, 2.05) is 127 Å². The minimum absolute atomic E-state index is 0.176. The van der Waals surface area contributed by atoms with Gasteiger partial charge in [-0.2, -0.15) is 0 Å². The minimum Gasteiger partial charge on any atom is -0.494 e. The predicted octanol–water partition coefficient (Wildman–Crippen LogP) is 27.6. The highest BCUT2D eigenvalue weighted by Crippen LogP contribution is 2.45. The maximum absolute atomic E-state index is 15.2. The number of amides is 8. The van der Waals surface area contributed by atoms with E-state index in [2.05, 4.69) is 137 Å².